The lowest BCUT2D eigenvalue weighted by atomic mass is 9.96. The maximum atomic E-state index is 13.6. The number of ketones is 1. The largest absolute Gasteiger partial charge is 0.508 e. The van der Waals surface area contributed by atoms with Gasteiger partial charge in [0, 0.05) is 30.2 Å². The lowest BCUT2D eigenvalue weighted by Gasteiger charge is -2.44. The second kappa shape index (κ2) is 7.71. The Morgan fingerprint density at radius 1 is 1.26 bits per heavy atom. The monoisotopic (exact) mass is 368 g/mol. The maximum absolute atomic E-state index is 13.6. The topological polar surface area (TPSA) is 66.6 Å². The van der Waals surface area contributed by atoms with Gasteiger partial charge in [-0.25, -0.2) is 0 Å². The van der Waals surface area contributed by atoms with Crippen molar-refractivity contribution in [1.29, 1.82) is 0 Å². The molecule has 5 heteroatoms. The molecular weight excluding hydrogens is 338 g/mol. The van der Waals surface area contributed by atoms with Gasteiger partial charge in [-0.3, -0.25) is 9.28 Å². The molecule has 0 aromatic heterocycles. The van der Waals surface area contributed by atoms with Gasteiger partial charge >= 0.3 is 0 Å². The molecule has 3 atom stereocenters. The van der Waals surface area contributed by atoms with Crippen molar-refractivity contribution in [3.05, 3.63) is 54.1 Å². The number of quaternary nitrogens is 1. The van der Waals surface area contributed by atoms with Crippen LogP contribution in [-0.2, 0) is 0 Å². The number of carbonyl (C=O) groups excluding carboxylic acids is 1. The number of likely N-dealkylation sites (N-methyl/N-ethyl adjacent to an activating group) is 1. The molecule has 0 aliphatic carbocycles. The molecule has 0 amide bonds. The van der Waals surface area contributed by atoms with Crippen LogP contribution in [0.3, 0.4) is 0 Å². The van der Waals surface area contributed by atoms with Crippen molar-refractivity contribution in [2.45, 2.75) is 31.8 Å². The Balaban J connectivity index is 2.11. The third-order valence-electron chi connectivity index (χ3n) is 5.82. The number of anilines is 1. The molecule has 1 aliphatic heterocycles. The summed E-state index contributed by atoms with van der Waals surface area (Å²) in [4.78, 5) is 15.7. The first-order valence-corrected chi connectivity index (χ1v) is 9.56. The van der Waals surface area contributed by atoms with Crippen LogP contribution in [0.5, 0.6) is 5.75 Å². The second-order valence-electron chi connectivity index (χ2n) is 7.89. The lowest BCUT2D eigenvalue weighted by Crippen LogP contribution is -2.63. The molecule has 2 aromatic carbocycles. The molecule has 3 rings (SSSR count). The minimum absolute atomic E-state index is 0.0968. The Labute approximate surface area is 161 Å². The van der Waals surface area contributed by atoms with E-state index in [-0.39, 0.29) is 23.6 Å². The molecule has 0 saturated carbocycles. The quantitative estimate of drug-likeness (QED) is 0.466. The van der Waals surface area contributed by atoms with Crippen LogP contribution >= 0.6 is 0 Å². The Morgan fingerprint density at radius 3 is 2.67 bits per heavy atom. The van der Waals surface area contributed by atoms with Crippen molar-refractivity contribution < 1.29 is 9.90 Å². The highest BCUT2D eigenvalue weighted by Gasteiger charge is 2.51. The summed E-state index contributed by atoms with van der Waals surface area (Å²) < 4.78 is 0.555. The molecule has 1 saturated heterocycles. The highest BCUT2D eigenvalue weighted by atomic mass is 16.3. The summed E-state index contributed by atoms with van der Waals surface area (Å²) >= 11 is 0. The van der Waals surface area contributed by atoms with Crippen molar-refractivity contribution in [3.63, 3.8) is 0 Å². The number of rotatable bonds is 6. The van der Waals surface area contributed by atoms with Gasteiger partial charge in [0.25, 0.3) is 0 Å². The minimum Gasteiger partial charge on any atom is -0.508 e. The zero-order chi connectivity index (χ0) is 19.6. The number of nitrogen functional groups attached to an aromatic ring is 1. The van der Waals surface area contributed by atoms with E-state index in [1.807, 2.05) is 36.4 Å². The molecule has 144 valence electrons. The van der Waals surface area contributed by atoms with Gasteiger partial charge in [-0.2, -0.15) is 0 Å². The van der Waals surface area contributed by atoms with E-state index in [0.29, 0.717) is 15.7 Å². The Morgan fingerprint density at radius 2 is 2.00 bits per heavy atom. The van der Waals surface area contributed by atoms with E-state index in [9.17, 15) is 9.90 Å². The fourth-order valence-corrected chi connectivity index (χ4v) is 4.69. The van der Waals surface area contributed by atoms with Crippen molar-refractivity contribution in [3.8, 4) is 5.75 Å². The molecule has 0 bridgehead atoms. The van der Waals surface area contributed by atoms with Gasteiger partial charge in [0.2, 0.25) is 5.78 Å². The molecule has 3 unspecified atom stereocenters. The second-order valence-corrected chi connectivity index (χ2v) is 7.89. The minimum atomic E-state index is -0.202. The predicted molar refractivity (Wildman–Crippen MR) is 111 cm³/mol. The van der Waals surface area contributed by atoms with Crippen LogP contribution < -0.4 is 10.2 Å². The normalized spacial score (nSPS) is 23.5. The van der Waals surface area contributed by atoms with Gasteiger partial charge in [0.05, 0.1) is 13.1 Å². The van der Waals surface area contributed by atoms with Crippen molar-refractivity contribution in [2.24, 2.45) is 0 Å². The summed E-state index contributed by atoms with van der Waals surface area (Å²) in [6.07, 6.45) is 1.79. The Hall–Kier alpha value is -2.37. The van der Waals surface area contributed by atoms with Gasteiger partial charge in [0.1, 0.15) is 17.5 Å². The van der Waals surface area contributed by atoms with Crippen LogP contribution in [0.2, 0.25) is 0 Å². The maximum Gasteiger partial charge on any atom is 0.222 e. The number of nitrogens with zero attached hydrogens (tertiary/aromatic N) is 2. The number of likely N-dealkylation sites (tertiary alicyclic amines) is 1. The SMILES string of the molecule is CC(CN(C)C)[N+]1(c2cccc(O)c2)CCCC1C(=O)c1ccccc1N. The average molecular weight is 369 g/mol. The summed E-state index contributed by atoms with van der Waals surface area (Å²) in [5.74, 6) is 0.332. The van der Waals surface area contributed by atoms with E-state index in [4.69, 9.17) is 5.73 Å². The van der Waals surface area contributed by atoms with Crippen LogP contribution in [0.4, 0.5) is 11.4 Å². The number of aromatic hydroxyl groups is 1. The van der Waals surface area contributed by atoms with Crippen LogP contribution in [0, 0.1) is 0 Å². The van der Waals surface area contributed by atoms with Gasteiger partial charge in [-0.05, 0) is 45.3 Å². The van der Waals surface area contributed by atoms with Gasteiger partial charge < -0.3 is 15.7 Å². The highest BCUT2D eigenvalue weighted by Crippen LogP contribution is 2.40. The average Bonchev–Trinajstić information content (AvgIpc) is 3.07. The third-order valence-corrected chi connectivity index (χ3v) is 5.82. The van der Waals surface area contributed by atoms with Gasteiger partial charge in [0.15, 0.2) is 6.04 Å². The van der Waals surface area contributed by atoms with Crippen LogP contribution in [0.1, 0.15) is 30.1 Å². The molecule has 3 N–H and O–H groups in total. The summed E-state index contributed by atoms with van der Waals surface area (Å²) in [5.41, 5.74) is 8.25. The first-order valence-electron chi connectivity index (χ1n) is 9.56. The molecule has 27 heavy (non-hydrogen) atoms. The number of phenols is 1. The van der Waals surface area contributed by atoms with Crippen molar-refractivity contribution in [1.82, 2.24) is 9.38 Å². The zero-order valence-corrected chi connectivity index (χ0v) is 16.4. The number of benzene rings is 2. The fourth-order valence-electron chi connectivity index (χ4n) is 4.69. The molecule has 2 aromatic rings. The molecule has 1 aliphatic rings. The summed E-state index contributed by atoms with van der Waals surface area (Å²) in [6.45, 7) is 3.93. The van der Waals surface area contributed by atoms with Crippen LogP contribution in [0.15, 0.2) is 48.5 Å². The smallest absolute Gasteiger partial charge is 0.222 e. The molecule has 1 fully saturated rings. The number of nitrogens with two attached hydrogens (primary N) is 1. The molecule has 0 spiro atoms. The number of carbonyl (C=O) groups is 1. The summed E-state index contributed by atoms with van der Waals surface area (Å²) in [7, 11) is 4.11. The predicted octanol–water partition coefficient (Wildman–Crippen LogP) is 3.28. The zero-order valence-electron chi connectivity index (χ0n) is 16.4. The van der Waals surface area contributed by atoms with Gasteiger partial charge in [-0.15, -0.1) is 0 Å². The summed E-state index contributed by atoms with van der Waals surface area (Å²) in [6, 6.07) is 14.7. The molecule has 1 heterocycles. The van der Waals surface area contributed by atoms with Crippen molar-refractivity contribution in [2.75, 3.05) is 32.9 Å². The number of phenolic OH excluding ortho intramolecular Hbond substituents is 1. The first kappa shape index (κ1) is 19.4. The van der Waals surface area contributed by atoms with Crippen LogP contribution in [-0.4, -0.2) is 55.1 Å². The van der Waals surface area contributed by atoms with E-state index in [2.05, 4.69) is 25.9 Å². The van der Waals surface area contributed by atoms with E-state index in [1.54, 1.807) is 12.1 Å². The highest BCUT2D eigenvalue weighted by molar-refractivity contribution is 6.05. The van der Waals surface area contributed by atoms with E-state index < -0.39 is 0 Å². The fraction of sp³-hybridized carbons (Fsp3) is 0.409. The lowest BCUT2D eigenvalue weighted by molar-refractivity contribution is 0.0813. The van der Waals surface area contributed by atoms with Gasteiger partial charge in [-0.1, -0.05) is 18.2 Å². The van der Waals surface area contributed by atoms with Crippen LogP contribution in [0.25, 0.3) is 0 Å². The standard InChI is InChI=1S/C22H29N3O2/c1-16(15-24(2)3)25(17-8-6-9-18(26)14-17)13-7-12-21(25)22(27)19-10-4-5-11-20(19)23/h4-6,8-11,14,16,21H,7,12-13,15H2,1-3H3,(H2-,23,26,27)/p+1. The number of Topliss-reactive ketones (excluding diaryl/α,β-unsaturated/α-hetero) is 1. The number of para-hydroxylation sites is 1. The molecule has 5 nitrogen and oxygen atoms in total. The third kappa shape index (κ3) is 3.57. The van der Waals surface area contributed by atoms with E-state index in [0.717, 1.165) is 31.6 Å². The first-order chi connectivity index (χ1) is 12.9. The molecular formula is C22H30N3O2+. The molecule has 0 radical (unpaired) electrons. The summed E-state index contributed by atoms with van der Waals surface area (Å²) in [5, 5.41) is 10.1. The number of hydrogen-bond donors (Lipinski definition) is 2. The van der Waals surface area contributed by atoms with E-state index in [1.165, 1.54) is 0 Å². The number of hydrogen-bond acceptors (Lipinski definition) is 4. The van der Waals surface area contributed by atoms with E-state index >= 15 is 0 Å². The Kier molecular flexibility index (Phi) is 5.53. The van der Waals surface area contributed by atoms with Crippen molar-refractivity contribution >= 4 is 17.2 Å². The Bertz CT molecular complexity index is 821.